The molecular weight excluding hydrogens is 354 g/mol. The fraction of sp³-hybridized carbons (Fsp3) is 0.261. The highest BCUT2D eigenvalue weighted by molar-refractivity contribution is 5.84. The summed E-state index contributed by atoms with van der Waals surface area (Å²) >= 11 is 0. The van der Waals surface area contributed by atoms with Gasteiger partial charge >= 0.3 is 0 Å². The molecule has 28 heavy (non-hydrogen) atoms. The number of fused-ring (bicyclic) bond motifs is 1. The molecule has 3 rings (SSSR count). The van der Waals surface area contributed by atoms with Crippen molar-refractivity contribution in [2.24, 2.45) is 0 Å². The summed E-state index contributed by atoms with van der Waals surface area (Å²) in [6, 6.07) is 21.2. The van der Waals surface area contributed by atoms with E-state index in [0.717, 1.165) is 22.3 Å². The Balaban J connectivity index is 1.48. The maximum absolute atomic E-state index is 12.4. The lowest BCUT2D eigenvalue weighted by atomic mass is 10.1. The number of rotatable bonds is 9. The van der Waals surface area contributed by atoms with Crippen LogP contribution in [0.15, 0.2) is 66.7 Å². The second kappa shape index (κ2) is 9.65. The lowest BCUT2D eigenvalue weighted by molar-refractivity contribution is -0.128. The number of carbonyl (C=O) groups excluding carboxylic acids is 1. The monoisotopic (exact) mass is 379 g/mol. The molecule has 0 aliphatic heterocycles. The lowest BCUT2D eigenvalue weighted by Crippen LogP contribution is -2.39. The van der Waals surface area contributed by atoms with Gasteiger partial charge in [0.15, 0.2) is 6.10 Å². The zero-order chi connectivity index (χ0) is 19.8. The number of nitrogens with one attached hydrogen (secondary N) is 1. The first kappa shape index (κ1) is 19.5. The Morgan fingerprint density at radius 1 is 0.929 bits per heavy atom. The third-order valence-electron chi connectivity index (χ3n) is 4.39. The van der Waals surface area contributed by atoms with Crippen molar-refractivity contribution >= 4 is 16.7 Å². The third-order valence-corrected chi connectivity index (χ3v) is 4.39. The molecule has 5 heteroatoms. The molecule has 3 aromatic carbocycles. The predicted octanol–water partition coefficient (Wildman–Crippen LogP) is 4.20. The summed E-state index contributed by atoms with van der Waals surface area (Å²) in [7, 11) is 1.62. The molecule has 0 aliphatic carbocycles. The van der Waals surface area contributed by atoms with Gasteiger partial charge in [-0.15, -0.1) is 0 Å². The van der Waals surface area contributed by atoms with Crippen molar-refractivity contribution in [3.63, 3.8) is 0 Å². The maximum atomic E-state index is 12.4. The predicted molar refractivity (Wildman–Crippen MR) is 110 cm³/mol. The molecule has 0 saturated heterocycles. The van der Waals surface area contributed by atoms with E-state index in [1.807, 2.05) is 73.7 Å². The molecular formula is C23H25NO4. The summed E-state index contributed by atoms with van der Waals surface area (Å²) in [5.74, 6) is 2.05. The van der Waals surface area contributed by atoms with Gasteiger partial charge in [-0.25, -0.2) is 0 Å². The van der Waals surface area contributed by atoms with Crippen LogP contribution < -0.4 is 19.5 Å². The van der Waals surface area contributed by atoms with E-state index in [1.165, 1.54) is 0 Å². The average Bonchev–Trinajstić information content (AvgIpc) is 2.75. The van der Waals surface area contributed by atoms with Crippen molar-refractivity contribution in [1.29, 1.82) is 0 Å². The smallest absolute Gasteiger partial charge is 0.261 e. The van der Waals surface area contributed by atoms with Gasteiger partial charge in [-0.05, 0) is 53.6 Å². The highest BCUT2D eigenvalue weighted by Crippen LogP contribution is 2.22. The highest BCUT2D eigenvalue weighted by Gasteiger charge is 2.18. The zero-order valence-corrected chi connectivity index (χ0v) is 16.2. The van der Waals surface area contributed by atoms with Gasteiger partial charge in [-0.1, -0.05) is 37.3 Å². The minimum atomic E-state index is -0.540. The van der Waals surface area contributed by atoms with E-state index in [-0.39, 0.29) is 5.91 Å². The summed E-state index contributed by atoms with van der Waals surface area (Å²) < 4.78 is 16.6. The molecule has 0 aliphatic rings. The second-order valence-corrected chi connectivity index (χ2v) is 6.34. The molecule has 0 fully saturated rings. The minimum Gasteiger partial charge on any atom is -0.497 e. The van der Waals surface area contributed by atoms with Crippen LogP contribution in [-0.4, -0.2) is 32.3 Å². The average molecular weight is 379 g/mol. The molecule has 146 valence electrons. The van der Waals surface area contributed by atoms with E-state index in [4.69, 9.17) is 14.2 Å². The largest absolute Gasteiger partial charge is 0.497 e. The molecule has 0 bridgehead atoms. The van der Waals surface area contributed by atoms with Gasteiger partial charge < -0.3 is 19.5 Å². The first-order valence-corrected chi connectivity index (χ1v) is 9.39. The molecule has 0 saturated carbocycles. The SMILES string of the molecule is CCC(Oc1ccc2ccccc2c1)C(=O)NCCOc1ccc(OC)cc1. The van der Waals surface area contributed by atoms with Crippen molar-refractivity contribution in [2.75, 3.05) is 20.3 Å². The van der Waals surface area contributed by atoms with Crippen LogP contribution in [0.25, 0.3) is 10.8 Å². The van der Waals surface area contributed by atoms with E-state index in [1.54, 1.807) is 7.11 Å². The molecule has 0 aromatic heterocycles. The summed E-state index contributed by atoms with van der Waals surface area (Å²) in [5, 5.41) is 5.10. The molecule has 1 N–H and O–H groups in total. The molecule has 0 radical (unpaired) electrons. The number of ether oxygens (including phenoxy) is 3. The van der Waals surface area contributed by atoms with Crippen LogP contribution in [0.3, 0.4) is 0 Å². The topological polar surface area (TPSA) is 56.8 Å². The van der Waals surface area contributed by atoms with Crippen LogP contribution in [0.2, 0.25) is 0 Å². The standard InChI is InChI=1S/C23H25NO4/c1-3-22(28-21-9-8-17-6-4-5-7-18(17)16-21)23(25)24-14-15-27-20-12-10-19(26-2)11-13-20/h4-13,16,22H,3,14-15H2,1-2H3,(H,24,25). The number of hydrogen-bond acceptors (Lipinski definition) is 4. The third kappa shape index (κ3) is 5.16. The van der Waals surface area contributed by atoms with Gasteiger partial charge in [0.1, 0.15) is 23.9 Å². The van der Waals surface area contributed by atoms with Crippen LogP contribution in [0, 0.1) is 0 Å². The summed E-state index contributed by atoms with van der Waals surface area (Å²) in [6.07, 6.45) is 0.0417. The molecule has 1 amide bonds. The van der Waals surface area contributed by atoms with E-state index in [9.17, 15) is 4.79 Å². The van der Waals surface area contributed by atoms with Crippen LogP contribution in [0.4, 0.5) is 0 Å². The molecule has 3 aromatic rings. The van der Waals surface area contributed by atoms with E-state index in [2.05, 4.69) is 5.32 Å². The molecule has 1 atom stereocenters. The lowest BCUT2D eigenvalue weighted by Gasteiger charge is -2.18. The first-order valence-electron chi connectivity index (χ1n) is 9.39. The molecule has 0 heterocycles. The van der Waals surface area contributed by atoms with Gasteiger partial charge in [0.05, 0.1) is 13.7 Å². The minimum absolute atomic E-state index is 0.144. The summed E-state index contributed by atoms with van der Waals surface area (Å²) in [5.41, 5.74) is 0. The van der Waals surface area contributed by atoms with E-state index in [0.29, 0.717) is 25.3 Å². The van der Waals surface area contributed by atoms with Crippen molar-refractivity contribution in [3.8, 4) is 17.2 Å². The van der Waals surface area contributed by atoms with Crippen LogP contribution in [0.1, 0.15) is 13.3 Å². The first-order chi connectivity index (χ1) is 13.7. The Hall–Kier alpha value is -3.21. The van der Waals surface area contributed by atoms with Crippen molar-refractivity contribution in [1.82, 2.24) is 5.32 Å². The Kier molecular flexibility index (Phi) is 6.73. The quantitative estimate of drug-likeness (QED) is 0.566. The number of carbonyl (C=O) groups is 1. The van der Waals surface area contributed by atoms with Gasteiger partial charge in [0.25, 0.3) is 5.91 Å². The summed E-state index contributed by atoms with van der Waals surface area (Å²) in [4.78, 5) is 12.4. The second-order valence-electron chi connectivity index (χ2n) is 6.34. The fourth-order valence-corrected chi connectivity index (χ4v) is 2.86. The summed E-state index contributed by atoms with van der Waals surface area (Å²) in [6.45, 7) is 2.71. The van der Waals surface area contributed by atoms with Crippen molar-refractivity contribution in [3.05, 3.63) is 66.7 Å². The van der Waals surface area contributed by atoms with Crippen LogP contribution >= 0.6 is 0 Å². The number of benzene rings is 3. The van der Waals surface area contributed by atoms with Gasteiger partial charge in [-0.3, -0.25) is 4.79 Å². The Morgan fingerprint density at radius 2 is 1.61 bits per heavy atom. The van der Waals surface area contributed by atoms with Crippen LogP contribution in [-0.2, 0) is 4.79 Å². The molecule has 1 unspecified atom stereocenters. The fourth-order valence-electron chi connectivity index (χ4n) is 2.86. The zero-order valence-electron chi connectivity index (χ0n) is 16.2. The highest BCUT2D eigenvalue weighted by atomic mass is 16.5. The van der Waals surface area contributed by atoms with Gasteiger partial charge in [0.2, 0.25) is 0 Å². The Bertz CT molecular complexity index is 908. The number of methoxy groups -OCH3 is 1. The van der Waals surface area contributed by atoms with Gasteiger partial charge in [0, 0.05) is 0 Å². The maximum Gasteiger partial charge on any atom is 0.261 e. The molecule has 5 nitrogen and oxygen atoms in total. The Morgan fingerprint density at radius 3 is 2.32 bits per heavy atom. The van der Waals surface area contributed by atoms with Crippen molar-refractivity contribution in [2.45, 2.75) is 19.4 Å². The van der Waals surface area contributed by atoms with E-state index >= 15 is 0 Å². The van der Waals surface area contributed by atoms with Crippen LogP contribution in [0.5, 0.6) is 17.2 Å². The van der Waals surface area contributed by atoms with Gasteiger partial charge in [-0.2, -0.15) is 0 Å². The Labute approximate surface area is 165 Å². The van der Waals surface area contributed by atoms with E-state index < -0.39 is 6.10 Å². The number of hydrogen-bond donors (Lipinski definition) is 1. The molecule has 0 spiro atoms. The normalized spacial score (nSPS) is 11.6. The van der Waals surface area contributed by atoms with Crippen molar-refractivity contribution < 1.29 is 19.0 Å². The number of amides is 1.